The average Bonchev–Trinajstić information content (AvgIpc) is 2.95. The highest BCUT2D eigenvalue weighted by Crippen LogP contribution is 2.21. The average molecular weight is 289 g/mol. The SMILES string of the molecule is CCCNC(CSc1cccc(C)c1)Cc1ccoc1. The van der Waals surface area contributed by atoms with E-state index in [0.717, 1.165) is 25.1 Å². The van der Waals surface area contributed by atoms with Gasteiger partial charge >= 0.3 is 0 Å². The molecule has 0 amide bonds. The molecule has 1 heterocycles. The molecule has 2 rings (SSSR count). The van der Waals surface area contributed by atoms with E-state index >= 15 is 0 Å². The van der Waals surface area contributed by atoms with Crippen LogP contribution in [0.25, 0.3) is 0 Å². The third kappa shape index (κ3) is 5.06. The second kappa shape index (κ2) is 8.18. The van der Waals surface area contributed by atoms with Crippen LogP contribution in [0.1, 0.15) is 24.5 Å². The standard InChI is InChI=1S/C17H23NOS/c1-3-8-18-16(11-15-7-9-19-12-15)13-20-17-6-4-5-14(2)10-17/h4-7,9-10,12,16,18H,3,8,11,13H2,1-2H3. The minimum absolute atomic E-state index is 0.484. The summed E-state index contributed by atoms with van der Waals surface area (Å²) in [6.45, 7) is 5.41. The molecule has 3 heteroatoms. The summed E-state index contributed by atoms with van der Waals surface area (Å²) in [5, 5.41) is 3.63. The zero-order valence-electron chi connectivity index (χ0n) is 12.3. The van der Waals surface area contributed by atoms with E-state index < -0.39 is 0 Å². The molecule has 0 saturated heterocycles. The molecule has 0 saturated carbocycles. The maximum Gasteiger partial charge on any atom is 0.0935 e. The number of benzene rings is 1. The fraction of sp³-hybridized carbons (Fsp3) is 0.412. The zero-order valence-corrected chi connectivity index (χ0v) is 13.1. The molecule has 2 aromatic rings. The Labute approximate surface area is 126 Å². The van der Waals surface area contributed by atoms with Crippen LogP contribution in [0, 0.1) is 6.92 Å². The van der Waals surface area contributed by atoms with Crippen molar-refractivity contribution in [3.63, 3.8) is 0 Å². The minimum atomic E-state index is 0.484. The van der Waals surface area contributed by atoms with Crippen LogP contribution in [0.15, 0.2) is 52.2 Å². The molecular formula is C17H23NOS. The Hall–Kier alpha value is -1.19. The fourth-order valence-corrected chi connectivity index (χ4v) is 3.21. The third-order valence-corrected chi connectivity index (χ3v) is 4.34. The van der Waals surface area contributed by atoms with E-state index in [2.05, 4.69) is 49.5 Å². The first-order valence-corrected chi connectivity index (χ1v) is 8.20. The van der Waals surface area contributed by atoms with Gasteiger partial charge in [0.15, 0.2) is 0 Å². The van der Waals surface area contributed by atoms with Crippen molar-refractivity contribution < 1.29 is 4.42 Å². The largest absolute Gasteiger partial charge is 0.472 e. The van der Waals surface area contributed by atoms with E-state index in [0.29, 0.717) is 6.04 Å². The molecule has 1 atom stereocenters. The van der Waals surface area contributed by atoms with Crippen LogP contribution in [-0.2, 0) is 6.42 Å². The van der Waals surface area contributed by atoms with Gasteiger partial charge in [-0.1, -0.05) is 24.6 Å². The molecule has 2 nitrogen and oxygen atoms in total. The number of thioether (sulfide) groups is 1. The maximum absolute atomic E-state index is 5.16. The smallest absolute Gasteiger partial charge is 0.0935 e. The third-order valence-electron chi connectivity index (χ3n) is 3.19. The lowest BCUT2D eigenvalue weighted by atomic mass is 10.1. The van der Waals surface area contributed by atoms with Gasteiger partial charge in [0, 0.05) is 16.7 Å². The Balaban J connectivity index is 1.89. The van der Waals surface area contributed by atoms with Gasteiger partial charge in [-0.25, -0.2) is 0 Å². The van der Waals surface area contributed by atoms with Crippen LogP contribution < -0.4 is 5.32 Å². The second-order valence-corrected chi connectivity index (χ2v) is 6.21. The Morgan fingerprint density at radius 2 is 2.20 bits per heavy atom. The molecule has 1 unspecified atom stereocenters. The normalized spacial score (nSPS) is 12.5. The van der Waals surface area contributed by atoms with Crippen molar-refractivity contribution in [2.24, 2.45) is 0 Å². The van der Waals surface area contributed by atoms with Gasteiger partial charge in [0.1, 0.15) is 0 Å². The van der Waals surface area contributed by atoms with Crippen LogP contribution in [0.5, 0.6) is 0 Å². The number of hydrogen-bond acceptors (Lipinski definition) is 3. The van der Waals surface area contributed by atoms with E-state index in [4.69, 9.17) is 4.42 Å². The van der Waals surface area contributed by atoms with Gasteiger partial charge in [0.25, 0.3) is 0 Å². The van der Waals surface area contributed by atoms with Crippen LogP contribution in [0.2, 0.25) is 0 Å². The predicted molar refractivity (Wildman–Crippen MR) is 86.4 cm³/mol. The van der Waals surface area contributed by atoms with Gasteiger partial charge in [-0.2, -0.15) is 0 Å². The Kier molecular flexibility index (Phi) is 6.22. The quantitative estimate of drug-likeness (QED) is 0.734. The van der Waals surface area contributed by atoms with Gasteiger partial charge in [-0.15, -0.1) is 11.8 Å². The molecule has 1 aromatic heterocycles. The second-order valence-electron chi connectivity index (χ2n) is 5.11. The van der Waals surface area contributed by atoms with E-state index in [1.807, 2.05) is 18.0 Å². The van der Waals surface area contributed by atoms with Crippen LogP contribution in [-0.4, -0.2) is 18.3 Å². The summed E-state index contributed by atoms with van der Waals surface area (Å²) < 4.78 is 5.16. The van der Waals surface area contributed by atoms with Crippen molar-refractivity contribution in [3.05, 3.63) is 54.0 Å². The topological polar surface area (TPSA) is 25.2 Å². The molecule has 0 aliphatic heterocycles. The van der Waals surface area contributed by atoms with Crippen molar-refractivity contribution >= 4 is 11.8 Å². The molecule has 0 radical (unpaired) electrons. The van der Waals surface area contributed by atoms with E-state index in [1.54, 1.807) is 6.26 Å². The Morgan fingerprint density at radius 1 is 1.30 bits per heavy atom. The first-order valence-electron chi connectivity index (χ1n) is 7.22. The van der Waals surface area contributed by atoms with Crippen LogP contribution in [0.4, 0.5) is 0 Å². The number of hydrogen-bond donors (Lipinski definition) is 1. The summed E-state index contributed by atoms with van der Waals surface area (Å²) in [6.07, 6.45) is 5.78. The highest BCUT2D eigenvalue weighted by atomic mass is 32.2. The molecule has 108 valence electrons. The lowest BCUT2D eigenvalue weighted by Crippen LogP contribution is -2.33. The Morgan fingerprint density at radius 3 is 2.90 bits per heavy atom. The summed E-state index contributed by atoms with van der Waals surface area (Å²) in [5.41, 5.74) is 2.59. The molecule has 0 aliphatic rings. The monoisotopic (exact) mass is 289 g/mol. The molecule has 0 bridgehead atoms. The highest BCUT2D eigenvalue weighted by molar-refractivity contribution is 7.99. The van der Waals surface area contributed by atoms with Crippen molar-refractivity contribution in [2.75, 3.05) is 12.3 Å². The number of aryl methyl sites for hydroxylation is 1. The van der Waals surface area contributed by atoms with Crippen molar-refractivity contribution in [1.82, 2.24) is 5.32 Å². The van der Waals surface area contributed by atoms with E-state index in [-0.39, 0.29) is 0 Å². The number of rotatable bonds is 8. The number of nitrogens with one attached hydrogen (secondary N) is 1. The van der Waals surface area contributed by atoms with Crippen molar-refractivity contribution in [2.45, 2.75) is 37.6 Å². The lowest BCUT2D eigenvalue weighted by molar-refractivity contribution is 0.536. The summed E-state index contributed by atoms with van der Waals surface area (Å²) in [6, 6.07) is 11.2. The molecule has 1 aromatic carbocycles. The molecule has 20 heavy (non-hydrogen) atoms. The van der Waals surface area contributed by atoms with Crippen molar-refractivity contribution in [3.8, 4) is 0 Å². The van der Waals surface area contributed by atoms with Gasteiger partial charge in [-0.3, -0.25) is 0 Å². The van der Waals surface area contributed by atoms with Crippen LogP contribution >= 0.6 is 11.8 Å². The first-order chi connectivity index (χ1) is 9.78. The Bertz CT molecular complexity index is 495. The highest BCUT2D eigenvalue weighted by Gasteiger charge is 2.10. The van der Waals surface area contributed by atoms with Gasteiger partial charge in [0.2, 0.25) is 0 Å². The molecule has 1 N–H and O–H groups in total. The molecule has 0 fully saturated rings. The van der Waals surface area contributed by atoms with E-state index in [1.165, 1.54) is 16.0 Å². The zero-order chi connectivity index (χ0) is 14.2. The number of furan rings is 1. The molecule has 0 spiro atoms. The van der Waals surface area contributed by atoms with Gasteiger partial charge in [0.05, 0.1) is 12.5 Å². The van der Waals surface area contributed by atoms with E-state index in [9.17, 15) is 0 Å². The summed E-state index contributed by atoms with van der Waals surface area (Å²) in [5.74, 6) is 1.08. The summed E-state index contributed by atoms with van der Waals surface area (Å²) in [7, 11) is 0. The van der Waals surface area contributed by atoms with Crippen molar-refractivity contribution in [1.29, 1.82) is 0 Å². The molecule has 0 aliphatic carbocycles. The summed E-state index contributed by atoms with van der Waals surface area (Å²) >= 11 is 1.92. The lowest BCUT2D eigenvalue weighted by Gasteiger charge is -2.17. The van der Waals surface area contributed by atoms with Gasteiger partial charge in [-0.05, 0) is 50.1 Å². The van der Waals surface area contributed by atoms with Gasteiger partial charge < -0.3 is 9.73 Å². The maximum atomic E-state index is 5.16. The fourth-order valence-electron chi connectivity index (χ4n) is 2.13. The predicted octanol–water partition coefficient (Wildman–Crippen LogP) is 4.29. The summed E-state index contributed by atoms with van der Waals surface area (Å²) in [4.78, 5) is 1.35. The van der Waals surface area contributed by atoms with Crippen LogP contribution in [0.3, 0.4) is 0 Å². The minimum Gasteiger partial charge on any atom is -0.472 e. The molecular weight excluding hydrogens is 266 g/mol. The first kappa shape index (κ1) is 15.2.